The molecule has 0 aliphatic heterocycles. The van der Waals surface area contributed by atoms with E-state index in [1.807, 2.05) is 0 Å². The van der Waals surface area contributed by atoms with Crippen LogP contribution in [-0.2, 0) is 0 Å². The molecule has 0 aromatic carbocycles. The Morgan fingerprint density at radius 3 is 0.907 bits per heavy atom. The minimum absolute atomic E-state index is 0.514. The van der Waals surface area contributed by atoms with Gasteiger partial charge in [0.1, 0.15) is 0 Å². The predicted molar refractivity (Wildman–Crippen MR) is 199 cm³/mol. The van der Waals surface area contributed by atoms with Crippen LogP contribution in [0.3, 0.4) is 0 Å². The SMILES string of the molecule is CCCCCCCC/C=C\CCCCCCCCC(C)(CCCCCCCC/C=C\CCCCCCCC)C[N+](C)(C)C. The lowest BCUT2D eigenvalue weighted by molar-refractivity contribution is -0.877. The molecule has 1 heteroatoms. The number of hydrogen-bond donors (Lipinski definition) is 0. The molecule has 0 unspecified atom stereocenters. The molecular formula is C42H84N+. The van der Waals surface area contributed by atoms with Crippen molar-refractivity contribution in [2.45, 2.75) is 213 Å². The summed E-state index contributed by atoms with van der Waals surface area (Å²) in [5.41, 5.74) is 0.514. The highest BCUT2D eigenvalue weighted by atomic mass is 15.3. The van der Waals surface area contributed by atoms with E-state index in [0.29, 0.717) is 5.41 Å². The van der Waals surface area contributed by atoms with Gasteiger partial charge >= 0.3 is 0 Å². The summed E-state index contributed by atoms with van der Waals surface area (Å²) in [5, 5.41) is 0. The van der Waals surface area contributed by atoms with Crippen LogP contribution in [0.2, 0.25) is 0 Å². The van der Waals surface area contributed by atoms with Crippen LogP contribution in [0.15, 0.2) is 24.3 Å². The normalized spacial score (nSPS) is 12.8. The highest BCUT2D eigenvalue weighted by Gasteiger charge is 2.29. The van der Waals surface area contributed by atoms with E-state index < -0.39 is 0 Å². The van der Waals surface area contributed by atoms with Crippen molar-refractivity contribution in [1.82, 2.24) is 0 Å². The topological polar surface area (TPSA) is 0 Å². The van der Waals surface area contributed by atoms with Gasteiger partial charge in [-0.05, 0) is 64.2 Å². The lowest BCUT2D eigenvalue weighted by Gasteiger charge is -2.37. The van der Waals surface area contributed by atoms with E-state index in [1.165, 1.54) is 199 Å². The number of quaternary nitrogens is 1. The van der Waals surface area contributed by atoms with Crippen molar-refractivity contribution in [3.63, 3.8) is 0 Å². The first-order chi connectivity index (χ1) is 20.8. The van der Waals surface area contributed by atoms with E-state index in [9.17, 15) is 0 Å². The highest BCUT2D eigenvalue weighted by molar-refractivity contribution is 4.82. The van der Waals surface area contributed by atoms with Crippen LogP contribution in [0, 0.1) is 5.41 Å². The maximum atomic E-state index is 2.60. The zero-order valence-corrected chi connectivity index (χ0v) is 31.2. The zero-order chi connectivity index (χ0) is 31.7. The van der Waals surface area contributed by atoms with E-state index in [4.69, 9.17) is 0 Å². The Morgan fingerprint density at radius 1 is 0.372 bits per heavy atom. The average Bonchev–Trinajstić information content (AvgIpc) is 2.96. The molecule has 0 heterocycles. The number of rotatable bonds is 34. The highest BCUT2D eigenvalue weighted by Crippen LogP contribution is 2.33. The third-order valence-electron chi connectivity index (χ3n) is 9.44. The Hall–Kier alpha value is -0.560. The number of hydrogen-bond acceptors (Lipinski definition) is 0. The fourth-order valence-corrected chi connectivity index (χ4v) is 7.03. The van der Waals surface area contributed by atoms with Crippen molar-refractivity contribution >= 4 is 0 Å². The van der Waals surface area contributed by atoms with Crippen molar-refractivity contribution in [1.29, 1.82) is 0 Å². The first kappa shape index (κ1) is 42.4. The minimum Gasteiger partial charge on any atom is -0.330 e. The zero-order valence-electron chi connectivity index (χ0n) is 31.2. The van der Waals surface area contributed by atoms with Crippen LogP contribution in [0.25, 0.3) is 0 Å². The molecule has 0 saturated heterocycles. The molecule has 0 fully saturated rings. The van der Waals surface area contributed by atoms with Gasteiger partial charge in [-0.15, -0.1) is 0 Å². The fourth-order valence-electron chi connectivity index (χ4n) is 7.03. The molecule has 0 aromatic rings. The molecule has 0 amide bonds. The van der Waals surface area contributed by atoms with Crippen molar-refractivity contribution in [2.24, 2.45) is 5.41 Å². The number of unbranched alkanes of at least 4 members (excludes halogenated alkanes) is 24. The number of nitrogens with zero attached hydrogens (tertiary/aromatic N) is 1. The Bertz CT molecular complexity index is 553. The first-order valence-electron chi connectivity index (χ1n) is 19.9. The van der Waals surface area contributed by atoms with Crippen LogP contribution in [0.1, 0.15) is 213 Å². The van der Waals surface area contributed by atoms with Crippen LogP contribution >= 0.6 is 0 Å². The summed E-state index contributed by atoms with van der Waals surface area (Å²) in [6.45, 7) is 8.52. The monoisotopic (exact) mass is 603 g/mol. The van der Waals surface area contributed by atoms with E-state index in [2.05, 4.69) is 66.2 Å². The summed E-state index contributed by atoms with van der Waals surface area (Å²) in [4.78, 5) is 0. The molecular weight excluding hydrogens is 518 g/mol. The molecule has 1 nitrogen and oxygen atoms in total. The van der Waals surface area contributed by atoms with Crippen molar-refractivity contribution in [2.75, 3.05) is 27.7 Å². The second kappa shape index (κ2) is 31.4. The van der Waals surface area contributed by atoms with Gasteiger partial charge in [0, 0.05) is 5.41 Å². The molecule has 0 spiro atoms. The van der Waals surface area contributed by atoms with Crippen LogP contribution in [-0.4, -0.2) is 32.2 Å². The van der Waals surface area contributed by atoms with Crippen molar-refractivity contribution in [3.8, 4) is 0 Å². The Balaban J connectivity index is 3.81. The van der Waals surface area contributed by atoms with Gasteiger partial charge in [-0.1, -0.05) is 173 Å². The van der Waals surface area contributed by atoms with E-state index in [-0.39, 0.29) is 0 Å². The van der Waals surface area contributed by atoms with Gasteiger partial charge in [0.05, 0.1) is 27.7 Å². The summed E-state index contributed by atoms with van der Waals surface area (Å²) in [6.07, 6.45) is 51.9. The predicted octanol–water partition coefficient (Wildman–Crippen LogP) is 14.6. The lowest BCUT2D eigenvalue weighted by atomic mass is 9.78. The van der Waals surface area contributed by atoms with Gasteiger partial charge in [0.2, 0.25) is 0 Å². The summed E-state index contributed by atoms with van der Waals surface area (Å²) < 4.78 is 1.11. The van der Waals surface area contributed by atoms with Gasteiger partial charge in [0.25, 0.3) is 0 Å². The quantitative estimate of drug-likeness (QED) is 0.0390. The molecule has 256 valence electrons. The first-order valence-corrected chi connectivity index (χ1v) is 19.9. The molecule has 43 heavy (non-hydrogen) atoms. The van der Waals surface area contributed by atoms with Gasteiger partial charge in [-0.3, -0.25) is 0 Å². The van der Waals surface area contributed by atoms with Gasteiger partial charge in [-0.25, -0.2) is 0 Å². The molecule has 0 rings (SSSR count). The molecule has 0 aliphatic carbocycles. The summed E-state index contributed by atoms with van der Waals surface area (Å²) >= 11 is 0. The maximum Gasteiger partial charge on any atom is 0.0834 e. The molecule has 0 radical (unpaired) electrons. The third-order valence-corrected chi connectivity index (χ3v) is 9.44. The van der Waals surface area contributed by atoms with Crippen LogP contribution in [0.5, 0.6) is 0 Å². The Labute approximate surface area is 274 Å². The second-order valence-corrected chi connectivity index (χ2v) is 15.6. The molecule has 0 atom stereocenters. The third kappa shape index (κ3) is 34.2. The van der Waals surface area contributed by atoms with Crippen molar-refractivity contribution < 1.29 is 4.48 Å². The minimum atomic E-state index is 0.514. The standard InChI is InChI=1S/C42H84N/c1-7-9-11-13-15-17-19-21-23-25-27-29-31-33-35-37-39-42(3,41-43(4,5)6)40-38-36-34-32-30-28-26-24-22-20-18-16-14-12-10-8-2/h21-24H,7-20,25-41H2,1-6H3/q+1/b23-21-,24-22-. The smallest absolute Gasteiger partial charge is 0.0834 e. The fraction of sp³-hybridized carbons (Fsp3) is 0.905. The molecule has 0 aliphatic rings. The molecule has 0 saturated carbocycles. The summed E-state index contributed by atoms with van der Waals surface area (Å²) in [6, 6.07) is 0. The maximum absolute atomic E-state index is 2.60. The van der Waals surface area contributed by atoms with E-state index in [1.54, 1.807) is 0 Å². The lowest BCUT2D eigenvalue weighted by Crippen LogP contribution is -2.44. The Kier molecular flexibility index (Phi) is 31.0. The second-order valence-electron chi connectivity index (χ2n) is 15.6. The van der Waals surface area contributed by atoms with Crippen LogP contribution < -0.4 is 0 Å². The molecule has 0 bridgehead atoms. The van der Waals surface area contributed by atoms with E-state index >= 15 is 0 Å². The summed E-state index contributed by atoms with van der Waals surface area (Å²) in [7, 11) is 7.17. The Morgan fingerprint density at radius 2 is 0.628 bits per heavy atom. The molecule has 0 aromatic heterocycles. The summed E-state index contributed by atoms with van der Waals surface area (Å²) in [5.74, 6) is 0. The van der Waals surface area contributed by atoms with Crippen molar-refractivity contribution in [3.05, 3.63) is 24.3 Å². The van der Waals surface area contributed by atoms with Gasteiger partial charge in [-0.2, -0.15) is 0 Å². The van der Waals surface area contributed by atoms with Gasteiger partial charge < -0.3 is 4.48 Å². The average molecular weight is 603 g/mol. The number of allylic oxidation sites excluding steroid dienone is 4. The largest absolute Gasteiger partial charge is 0.330 e. The van der Waals surface area contributed by atoms with Crippen LogP contribution in [0.4, 0.5) is 0 Å². The molecule has 0 N–H and O–H groups in total. The van der Waals surface area contributed by atoms with Gasteiger partial charge in [0.15, 0.2) is 0 Å². The van der Waals surface area contributed by atoms with E-state index in [0.717, 1.165) is 4.48 Å².